The molecule has 0 saturated heterocycles. The lowest BCUT2D eigenvalue weighted by molar-refractivity contribution is 0.934. The van der Waals surface area contributed by atoms with Crippen LogP contribution in [0.2, 0.25) is 0 Å². The zero-order valence-corrected chi connectivity index (χ0v) is 11.1. The summed E-state index contributed by atoms with van der Waals surface area (Å²) in [5.41, 5.74) is 7.36. The van der Waals surface area contributed by atoms with E-state index in [-0.39, 0.29) is 0 Å². The first-order chi connectivity index (χ1) is 9.34. The molecule has 0 radical (unpaired) electrons. The van der Waals surface area contributed by atoms with Gasteiger partial charge in [-0.25, -0.2) is 0 Å². The lowest BCUT2D eigenvalue weighted by Gasteiger charge is -2.23. The summed E-state index contributed by atoms with van der Waals surface area (Å²) < 4.78 is 0. The lowest BCUT2D eigenvalue weighted by Crippen LogP contribution is -2.06. The predicted molar refractivity (Wildman–Crippen MR) is 81.5 cm³/mol. The first-order valence-corrected chi connectivity index (χ1v) is 6.94. The number of rotatable bonds is 0. The van der Waals surface area contributed by atoms with E-state index in [1.165, 1.54) is 51.4 Å². The van der Waals surface area contributed by atoms with Crippen LogP contribution in [0, 0.1) is 6.92 Å². The van der Waals surface area contributed by atoms with Gasteiger partial charge < -0.3 is 0 Å². The summed E-state index contributed by atoms with van der Waals surface area (Å²) in [6.45, 7) is 2.27. The Hall–Kier alpha value is -2.08. The van der Waals surface area contributed by atoms with E-state index in [2.05, 4.69) is 61.5 Å². The first kappa shape index (κ1) is 10.8. The molecule has 0 nitrogen and oxygen atoms in total. The molecule has 0 unspecified atom stereocenters. The largest absolute Gasteiger partial charge is 0.0620 e. The summed E-state index contributed by atoms with van der Waals surface area (Å²) in [6.07, 6.45) is 2.34. The molecule has 3 aromatic rings. The summed E-state index contributed by atoms with van der Waals surface area (Å²) >= 11 is 0. The molecular formula is C19H16. The van der Waals surface area contributed by atoms with Gasteiger partial charge in [-0.3, -0.25) is 0 Å². The maximum Gasteiger partial charge on any atom is -0.0140 e. The van der Waals surface area contributed by atoms with Gasteiger partial charge in [0, 0.05) is 0 Å². The zero-order valence-electron chi connectivity index (χ0n) is 11.1. The molecule has 0 fully saturated rings. The Morgan fingerprint density at radius 2 is 1.58 bits per heavy atom. The molecule has 0 aliphatic heterocycles. The summed E-state index contributed by atoms with van der Waals surface area (Å²) in [5.74, 6) is 0. The SMILES string of the molecule is Cc1c2c(cc3ccccc13)-c1ccccc1CC2. The molecule has 1 aliphatic carbocycles. The van der Waals surface area contributed by atoms with Gasteiger partial charge >= 0.3 is 0 Å². The van der Waals surface area contributed by atoms with E-state index in [0.717, 1.165) is 0 Å². The van der Waals surface area contributed by atoms with Crippen molar-refractivity contribution in [1.29, 1.82) is 0 Å². The van der Waals surface area contributed by atoms with Crippen LogP contribution in [0.15, 0.2) is 54.6 Å². The first-order valence-electron chi connectivity index (χ1n) is 6.94. The third-order valence-electron chi connectivity index (χ3n) is 4.39. The highest BCUT2D eigenvalue weighted by Gasteiger charge is 2.18. The average Bonchev–Trinajstić information content (AvgIpc) is 2.47. The maximum absolute atomic E-state index is 2.37. The smallest absolute Gasteiger partial charge is 0.0140 e. The minimum atomic E-state index is 1.17. The molecule has 0 amide bonds. The minimum absolute atomic E-state index is 1.17. The highest BCUT2D eigenvalue weighted by atomic mass is 14.2. The van der Waals surface area contributed by atoms with Gasteiger partial charge in [-0.2, -0.15) is 0 Å². The van der Waals surface area contributed by atoms with Crippen molar-refractivity contribution in [2.24, 2.45) is 0 Å². The lowest BCUT2D eigenvalue weighted by atomic mass is 9.81. The predicted octanol–water partition coefficient (Wildman–Crippen LogP) is 4.91. The molecule has 1 aliphatic rings. The second kappa shape index (κ2) is 3.96. The van der Waals surface area contributed by atoms with Crippen LogP contribution in [0.3, 0.4) is 0 Å². The molecule has 0 atom stereocenters. The molecule has 0 saturated carbocycles. The van der Waals surface area contributed by atoms with Crippen molar-refractivity contribution in [3.05, 3.63) is 71.3 Å². The molecule has 0 heteroatoms. The fraction of sp³-hybridized carbons (Fsp3) is 0.158. The van der Waals surface area contributed by atoms with Crippen molar-refractivity contribution in [1.82, 2.24) is 0 Å². The van der Waals surface area contributed by atoms with E-state index in [0.29, 0.717) is 0 Å². The fourth-order valence-corrected chi connectivity index (χ4v) is 3.39. The molecule has 0 N–H and O–H groups in total. The fourth-order valence-electron chi connectivity index (χ4n) is 3.39. The second-order valence-electron chi connectivity index (χ2n) is 5.41. The van der Waals surface area contributed by atoms with Crippen molar-refractivity contribution in [3.63, 3.8) is 0 Å². The van der Waals surface area contributed by atoms with Crippen molar-refractivity contribution >= 4 is 10.8 Å². The standard InChI is InChI=1S/C19H16/c1-13-16-8-4-3-7-15(16)12-19-17(13)11-10-14-6-2-5-9-18(14)19/h2-9,12H,10-11H2,1H3. The molecule has 3 aromatic carbocycles. The normalized spacial score (nSPS) is 13.1. The van der Waals surface area contributed by atoms with Crippen molar-refractivity contribution in [2.45, 2.75) is 19.8 Å². The summed E-state index contributed by atoms with van der Waals surface area (Å²) in [6, 6.07) is 19.9. The van der Waals surface area contributed by atoms with E-state index < -0.39 is 0 Å². The van der Waals surface area contributed by atoms with Crippen LogP contribution in [-0.4, -0.2) is 0 Å². The van der Waals surface area contributed by atoms with Crippen molar-refractivity contribution < 1.29 is 0 Å². The Balaban J connectivity index is 2.11. The maximum atomic E-state index is 2.37. The van der Waals surface area contributed by atoms with E-state index in [4.69, 9.17) is 0 Å². The van der Waals surface area contributed by atoms with Crippen LogP contribution in [0.25, 0.3) is 21.9 Å². The molecule has 0 aromatic heterocycles. The molecular weight excluding hydrogens is 228 g/mol. The average molecular weight is 244 g/mol. The van der Waals surface area contributed by atoms with Crippen LogP contribution in [0.5, 0.6) is 0 Å². The van der Waals surface area contributed by atoms with Crippen LogP contribution in [0.1, 0.15) is 16.7 Å². The van der Waals surface area contributed by atoms with Crippen LogP contribution in [0.4, 0.5) is 0 Å². The summed E-state index contributed by atoms with van der Waals surface area (Å²) in [4.78, 5) is 0. The van der Waals surface area contributed by atoms with Crippen LogP contribution in [-0.2, 0) is 12.8 Å². The van der Waals surface area contributed by atoms with Gasteiger partial charge in [0.1, 0.15) is 0 Å². The summed E-state index contributed by atoms with van der Waals surface area (Å²) in [5, 5.41) is 2.76. The van der Waals surface area contributed by atoms with E-state index >= 15 is 0 Å². The van der Waals surface area contributed by atoms with Gasteiger partial charge in [-0.05, 0) is 64.4 Å². The third-order valence-corrected chi connectivity index (χ3v) is 4.39. The second-order valence-corrected chi connectivity index (χ2v) is 5.41. The molecule has 4 rings (SSSR count). The monoisotopic (exact) mass is 244 g/mol. The molecule has 19 heavy (non-hydrogen) atoms. The van der Waals surface area contributed by atoms with Crippen molar-refractivity contribution in [3.8, 4) is 11.1 Å². The van der Waals surface area contributed by atoms with Crippen LogP contribution >= 0.6 is 0 Å². The third kappa shape index (κ3) is 1.53. The van der Waals surface area contributed by atoms with Gasteiger partial charge in [-0.1, -0.05) is 48.5 Å². The van der Waals surface area contributed by atoms with Crippen LogP contribution < -0.4 is 0 Å². The Bertz CT molecular complexity index is 781. The topological polar surface area (TPSA) is 0 Å². The number of fused-ring (bicyclic) bond motifs is 4. The number of hydrogen-bond acceptors (Lipinski definition) is 0. The van der Waals surface area contributed by atoms with Crippen molar-refractivity contribution in [2.75, 3.05) is 0 Å². The van der Waals surface area contributed by atoms with E-state index in [9.17, 15) is 0 Å². The Morgan fingerprint density at radius 1 is 0.789 bits per heavy atom. The Labute approximate surface area is 113 Å². The minimum Gasteiger partial charge on any atom is -0.0620 e. The van der Waals surface area contributed by atoms with Gasteiger partial charge in [0.05, 0.1) is 0 Å². The molecule has 0 heterocycles. The highest BCUT2D eigenvalue weighted by Crippen LogP contribution is 2.38. The van der Waals surface area contributed by atoms with Gasteiger partial charge in [0.15, 0.2) is 0 Å². The Kier molecular flexibility index (Phi) is 2.25. The van der Waals surface area contributed by atoms with Gasteiger partial charge in [0.2, 0.25) is 0 Å². The Morgan fingerprint density at radius 3 is 2.53 bits per heavy atom. The summed E-state index contributed by atoms with van der Waals surface area (Å²) in [7, 11) is 0. The molecule has 0 spiro atoms. The van der Waals surface area contributed by atoms with Gasteiger partial charge in [-0.15, -0.1) is 0 Å². The zero-order chi connectivity index (χ0) is 12.8. The van der Waals surface area contributed by atoms with E-state index in [1.807, 2.05) is 0 Å². The number of hydrogen-bond donors (Lipinski definition) is 0. The quantitative estimate of drug-likeness (QED) is 0.527. The highest BCUT2D eigenvalue weighted by molar-refractivity contribution is 5.93. The van der Waals surface area contributed by atoms with E-state index in [1.54, 1.807) is 0 Å². The molecule has 0 bridgehead atoms. The van der Waals surface area contributed by atoms with Gasteiger partial charge in [0.25, 0.3) is 0 Å². The number of aryl methyl sites for hydroxylation is 2. The number of benzene rings is 3. The molecule has 92 valence electrons.